The van der Waals surface area contributed by atoms with Crippen LogP contribution in [0.3, 0.4) is 0 Å². The van der Waals surface area contributed by atoms with E-state index in [-0.39, 0.29) is 11.4 Å². The van der Waals surface area contributed by atoms with Gasteiger partial charge in [0.05, 0.1) is 18.4 Å². The van der Waals surface area contributed by atoms with Gasteiger partial charge >= 0.3 is 0 Å². The maximum Gasteiger partial charge on any atom is 0.242 e. The second-order valence-electron chi connectivity index (χ2n) is 6.81. The minimum Gasteiger partial charge on any atom is -0.357 e. The van der Waals surface area contributed by atoms with Crippen LogP contribution in [-0.2, 0) is 16.6 Å². The molecule has 2 N–H and O–H groups in total. The fourth-order valence-electron chi connectivity index (χ4n) is 2.91. The number of para-hydroxylation sites is 1. The summed E-state index contributed by atoms with van der Waals surface area (Å²) < 4.78 is 28.9. The van der Waals surface area contributed by atoms with E-state index in [1.165, 1.54) is 18.5 Å². The van der Waals surface area contributed by atoms with Gasteiger partial charge in [-0.2, -0.15) is 5.10 Å². The van der Waals surface area contributed by atoms with Crippen LogP contribution in [0.1, 0.15) is 12.5 Å². The van der Waals surface area contributed by atoms with Crippen molar-refractivity contribution in [1.82, 2.24) is 29.7 Å². The second kappa shape index (κ2) is 10.7. The van der Waals surface area contributed by atoms with Gasteiger partial charge in [0.15, 0.2) is 5.96 Å². The molecule has 0 aliphatic carbocycles. The van der Waals surface area contributed by atoms with Crippen molar-refractivity contribution in [3.05, 3.63) is 72.8 Å². The maximum absolute atomic E-state index is 12.3. The molecule has 0 aliphatic rings. The average molecular weight is 442 g/mol. The Kier molecular flexibility index (Phi) is 7.74. The smallest absolute Gasteiger partial charge is 0.242 e. The predicted molar refractivity (Wildman–Crippen MR) is 120 cm³/mol. The second-order valence-corrected chi connectivity index (χ2v) is 8.57. The summed E-state index contributed by atoms with van der Waals surface area (Å²) in [4.78, 5) is 10.5. The lowest BCUT2D eigenvalue weighted by Crippen LogP contribution is -2.39. The molecule has 164 valence electrons. The van der Waals surface area contributed by atoms with Crippen molar-refractivity contribution in [1.29, 1.82) is 0 Å². The van der Waals surface area contributed by atoms with Crippen molar-refractivity contribution >= 4 is 16.0 Å². The lowest BCUT2D eigenvalue weighted by Gasteiger charge is -2.21. The number of hydrogen-bond acceptors (Lipinski definition) is 5. The van der Waals surface area contributed by atoms with E-state index in [9.17, 15) is 8.42 Å². The molecule has 10 heteroatoms. The van der Waals surface area contributed by atoms with E-state index in [1.807, 2.05) is 66.3 Å². The first-order chi connectivity index (χ1) is 15.0. The first kappa shape index (κ1) is 22.4. The summed E-state index contributed by atoms with van der Waals surface area (Å²) >= 11 is 0. The summed E-state index contributed by atoms with van der Waals surface area (Å²) in [6.45, 7) is 3.79. The first-order valence-corrected chi connectivity index (χ1v) is 11.5. The van der Waals surface area contributed by atoms with Crippen molar-refractivity contribution in [2.45, 2.75) is 18.4 Å². The summed E-state index contributed by atoms with van der Waals surface area (Å²) in [5.41, 5.74) is 2.03. The Morgan fingerprint density at radius 1 is 1.16 bits per heavy atom. The monoisotopic (exact) mass is 441 g/mol. The third-order valence-corrected chi connectivity index (χ3v) is 5.83. The van der Waals surface area contributed by atoms with E-state index in [4.69, 9.17) is 0 Å². The molecule has 0 unspecified atom stereocenters. The number of hydrogen-bond donors (Lipinski definition) is 2. The Bertz CT molecular complexity index is 1080. The predicted octanol–water partition coefficient (Wildman–Crippen LogP) is 1.64. The van der Waals surface area contributed by atoms with Crippen LogP contribution in [0.25, 0.3) is 5.69 Å². The molecule has 0 fully saturated rings. The highest BCUT2D eigenvalue weighted by atomic mass is 32.2. The van der Waals surface area contributed by atoms with Crippen LogP contribution in [-0.4, -0.2) is 60.7 Å². The summed E-state index contributed by atoms with van der Waals surface area (Å²) in [6, 6.07) is 13.0. The van der Waals surface area contributed by atoms with Crippen molar-refractivity contribution in [2.24, 2.45) is 4.99 Å². The number of rotatable bonds is 9. The highest BCUT2D eigenvalue weighted by Crippen LogP contribution is 2.09. The van der Waals surface area contributed by atoms with Crippen LogP contribution in [0.4, 0.5) is 0 Å². The largest absolute Gasteiger partial charge is 0.357 e. The van der Waals surface area contributed by atoms with Crippen LogP contribution >= 0.6 is 0 Å². The van der Waals surface area contributed by atoms with Gasteiger partial charge in [-0.15, -0.1) is 0 Å². The zero-order valence-electron chi connectivity index (χ0n) is 17.6. The van der Waals surface area contributed by atoms with Crippen LogP contribution < -0.4 is 10.0 Å². The minimum absolute atomic E-state index is 0.137. The van der Waals surface area contributed by atoms with Gasteiger partial charge in [0.2, 0.25) is 10.0 Å². The SMILES string of the molecule is CCNC(=NCCNS(=O)(=O)c1cccnc1)N(C)Cc1cnn(-c2ccccc2)c1. The number of aliphatic imine (C=N–C) groups is 1. The fourth-order valence-corrected chi connectivity index (χ4v) is 3.90. The summed E-state index contributed by atoms with van der Waals surface area (Å²) in [5, 5.41) is 7.66. The van der Waals surface area contributed by atoms with Gasteiger partial charge in [-0.3, -0.25) is 9.98 Å². The minimum atomic E-state index is -3.59. The summed E-state index contributed by atoms with van der Waals surface area (Å²) in [5.74, 6) is 0.690. The third-order valence-electron chi connectivity index (χ3n) is 4.38. The molecular weight excluding hydrogens is 414 g/mol. The number of guanidine groups is 1. The molecule has 0 radical (unpaired) electrons. The van der Waals surface area contributed by atoms with Gasteiger partial charge in [0.1, 0.15) is 4.90 Å². The van der Waals surface area contributed by atoms with Gasteiger partial charge in [-0.1, -0.05) is 18.2 Å². The van der Waals surface area contributed by atoms with Gasteiger partial charge in [0, 0.05) is 50.8 Å². The highest BCUT2D eigenvalue weighted by Gasteiger charge is 2.13. The van der Waals surface area contributed by atoms with E-state index in [2.05, 4.69) is 25.1 Å². The highest BCUT2D eigenvalue weighted by molar-refractivity contribution is 7.89. The average Bonchev–Trinajstić information content (AvgIpc) is 3.25. The molecule has 0 amide bonds. The van der Waals surface area contributed by atoms with Crippen molar-refractivity contribution < 1.29 is 8.42 Å². The molecule has 0 atom stereocenters. The zero-order chi connectivity index (χ0) is 22.1. The van der Waals surface area contributed by atoms with Gasteiger partial charge in [-0.25, -0.2) is 17.8 Å². The summed E-state index contributed by atoms with van der Waals surface area (Å²) in [7, 11) is -1.66. The molecular formula is C21H27N7O2S. The van der Waals surface area contributed by atoms with Crippen LogP contribution in [0, 0.1) is 0 Å². The number of nitrogens with zero attached hydrogens (tertiary/aromatic N) is 5. The van der Waals surface area contributed by atoms with Crippen LogP contribution in [0.5, 0.6) is 0 Å². The van der Waals surface area contributed by atoms with E-state index < -0.39 is 10.0 Å². The number of benzene rings is 1. The Labute approximate surface area is 182 Å². The number of sulfonamides is 1. The quantitative estimate of drug-likeness (QED) is 0.297. The third kappa shape index (κ3) is 6.37. The molecule has 1 aromatic carbocycles. The number of nitrogens with one attached hydrogen (secondary N) is 2. The molecule has 3 rings (SSSR count). The normalized spacial score (nSPS) is 12.0. The molecule has 2 aromatic heterocycles. The van der Waals surface area contributed by atoms with Crippen molar-refractivity contribution in [3.8, 4) is 5.69 Å². The topological polar surface area (TPSA) is 105 Å². The molecule has 0 aliphatic heterocycles. The summed E-state index contributed by atoms with van der Waals surface area (Å²) in [6.07, 6.45) is 6.66. The molecule has 0 saturated carbocycles. The lowest BCUT2D eigenvalue weighted by atomic mass is 10.3. The van der Waals surface area contributed by atoms with Crippen molar-refractivity contribution in [3.63, 3.8) is 0 Å². The molecule has 3 aromatic rings. The molecule has 0 saturated heterocycles. The number of aromatic nitrogens is 3. The van der Waals surface area contributed by atoms with Crippen LogP contribution in [0.15, 0.2) is 77.1 Å². The Morgan fingerprint density at radius 3 is 2.68 bits per heavy atom. The van der Waals surface area contributed by atoms with E-state index in [0.29, 0.717) is 25.6 Å². The maximum atomic E-state index is 12.3. The van der Waals surface area contributed by atoms with Crippen LogP contribution in [0.2, 0.25) is 0 Å². The van der Waals surface area contributed by atoms with Crippen molar-refractivity contribution in [2.75, 3.05) is 26.7 Å². The van der Waals surface area contributed by atoms with Gasteiger partial charge < -0.3 is 10.2 Å². The Morgan fingerprint density at radius 2 is 1.97 bits per heavy atom. The van der Waals surface area contributed by atoms with Gasteiger partial charge in [-0.05, 0) is 31.2 Å². The molecule has 31 heavy (non-hydrogen) atoms. The van der Waals surface area contributed by atoms with E-state index in [0.717, 1.165) is 11.3 Å². The van der Waals surface area contributed by atoms with E-state index >= 15 is 0 Å². The molecule has 0 spiro atoms. The molecule has 9 nitrogen and oxygen atoms in total. The Balaban J connectivity index is 1.58. The lowest BCUT2D eigenvalue weighted by molar-refractivity contribution is 0.477. The molecule has 0 bridgehead atoms. The standard InChI is InChI=1S/C21H27N7O2S/c1-3-23-21(24-12-13-26-31(29,30)20-10-7-11-22-15-20)27(2)16-18-14-25-28(17-18)19-8-5-4-6-9-19/h4-11,14-15,17,26H,3,12-13,16H2,1-2H3,(H,23,24). The Hall–Kier alpha value is -3.24. The fraction of sp³-hybridized carbons (Fsp3) is 0.286. The first-order valence-electron chi connectivity index (χ1n) is 9.97. The zero-order valence-corrected chi connectivity index (χ0v) is 18.5. The van der Waals surface area contributed by atoms with Gasteiger partial charge in [0.25, 0.3) is 0 Å². The van der Waals surface area contributed by atoms with E-state index in [1.54, 1.807) is 6.07 Å². The molecule has 2 heterocycles. The number of pyridine rings is 1.